The first kappa shape index (κ1) is 23.0. The molecule has 1 N–H and O–H groups in total. The maximum atomic E-state index is 13.6. The molecule has 7 nitrogen and oxygen atoms in total. The number of rotatable bonds is 5. The van der Waals surface area contributed by atoms with E-state index in [0.29, 0.717) is 27.8 Å². The van der Waals surface area contributed by atoms with Crippen molar-refractivity contribution >= 4 is 17.0 Å². The highest BCUT2D eigenvalue weighted by Crippen LogP contribution is 2.41. The van der Waals surface area contributed by atoms with Crippen molar-refractivity contribution in [3.8, 4) is 22.0 Å². The molecule has 0 spiro atoms. The molecule has 11 heteroatoms. The number of hydrogen-bond donors (Lipinski definition) is 1. The van der Waals surface area contributed by atoms with Crippen LogP contribution in [0.3, 0.4) is 0 Å². The highest BCUT2D eigenvalue weighted by molar-refractivity contribution is 7.15. The first-order valence-corrected chi connectivity index (χ1v) is 12.2. The van der Waals surface area contributed by atoms with E-state index in [1.54, 1.807) is 16.8 Å². The van der Waals surface area contributed by atoms with Gasteiger partial charge in [-0.05, 0) is 63.9 Å². The van der Waals surface area contributed by atoms with Crippen molar-refractivity contribution in [3.63, 3.8) is 0 Å². The molecule has 0 atom stereocenters. The van der Waals surface area contributed by atoms with E-state index in [9.17, 15) is 13.2 Å². The molecule has 180 valence electrons. The summed E-state index contributed by atoms with van der Waals surface area (Å²) in [6.07, 6.45) is -0.319. The van der Waals surface area contributed by atoms with E-state index in [1.807, 2.05) is 13.8 Å². The minimum atomic E-state index is -4.39. The van der Waals surface area contributed by atoms with Crippen LogP contribution < -0.4 is 0 Å². The third kappa shape index (κ3) is 4.34. The van der Waals surface area contributed by atoms with Crippen LogP contribution in [0.1, 0.15) is 47.4 Å². The third-order valence-corrected chi connectivity index (χ3v) is 7.87. The Morgan fingerprint density at radius 1 is 1.21 bits per heavy atom. The van der Waals surface area contributed by atoms with E-state index in [2.05, 4.69) is 32.1 Å². The lowest BCUT2D eigenvalue weighted by Crippen LogP contribution is -2.32. The first-order chi connectivity index (χ1) is 16.2. The lowest BCUT2D eigenvalue weighted by atomic mass is 9.94. The Bertz CT molecular complexity index is 1310. The molecule has 0 amide bonds. The molecule has 0 radical (unpaired) electrons. The molecule has 0 aliphatic carbocycles. The fourth-order valence-corrected chi connectivity index (χ4v) is 6.04. The van der Waals surface area contributed by atoms with Crippen LogP contribution in [0.4, 0.5) is 13.2 Å². The van der Waals surface area contributed by atoms with Gasteiger partial charge in [0.05, 0.1) is 23.5 Å². The lowest BCUT2D eigenvalue weighted by Gasteiger charge is -2.30. The number of thiazole rings is 1. The summed E-state index contributed by atoms with van der Waals surface area (Å²) in [5.41, 5.74) is 3.62. The van der Waals surface area contributed by atoms with Crippen molar-refractivity contribution in [1.29, 1.82) is 0 Å². The van der Waals surface area contributed by atoms with Crippen LogP contribution in [0.2, 0.25) is 0 Å². The number of aromatic nitrogens is 6. The Hall–Kier alpha value is -2.79. The second-order valence-electron chi connectivity index (χ2n) is 8.83. The van der Waals surface area contributed by atoms with Crippen molar-refractivity contribution in [3.05, 3.63) is 40.3 Å². The van der Waals surface area contributed by atoms with Gasteiger partial charge < -0.3 is 4.90 Å². The van der Waals surface area contributed by atoms with Crippen LogP contribution >= 0.6 is 11.3 Å². The zero-order valence-corrected chi connectivity index (χ0v) is 20.1. The molecule has 34 heavy (non-hydrogen) atoms. The minimum Gasteiger partial charge on any atom is -0.304 e. The average Bonchev–Trinajstić information content (AvgIpc) is 3.51. The third-order valence-electron chi connectivity index (χ3n) is 6.53. The van der Waals surface area contributed by atoms with Crippen LogP contribution in [0.25, 0.3) is 27.6 Å². The van der Waals surface area contributed by atoms with Crippen molar-refractivity contribution in [2.24, 2.45) is 0 Å². The smallest absolute Gasteiger partial charge is 0.304 e. The minimum absolute atomic E-state index is 0.104. The average molecular weight is 490 g/mol. The summed E-state index contributed by atoms with van der Waals surface area (Å²) >= 11 is 1.49. The quantitative estimate of drug-likeness (QED) is 0.419. The van der Waals surface area contributed by atoms with E-state index in [-0.39, 0.29) is 11.3 Å². The standard InChI is InChI=1S/C23H26F3N7S/c1-4-32-7-5-15(6-8-32)20-14(3)29-22(34-20)19-17(10-23(24,25)26)18(30-31-19)16-9-13(2)21-27-12-28-33(21)11-16/h9,11-12,15H,4-8,10H2,1-3H3,(H,30,31). The van der Waals surface area contributed by atoms with E-state index >= 15 is 0 Å². The number of hydrogen-bond acceptors (Lipinski definition) is 6. The summed E-state index contributed by atoms with van der Waals surface area (Å²) < 4.78 is 42.5. The second-order valence-corrected chi connectivity index (χ2v) is 9.87. The molecule has 1 aliphatic rings. The SMILES string of the molecule is CCN1CCC(c2sc(-c3[nH]nc(-c4cc(C)c5ncnn5c4)c3CC(F)(F)F)nc2C)CC1. The number of nitrogens with one attached hydrogen (secondary N) is 1. The van der Waals surface area contributed by atoms with E-state index in [4.69, 9.17) is 4.98 Å². The maximum Gasteiger partial charge on any atom is 0.393 e. The van der Waals surface area contributed by atoms with Gasteiger partial charge in [0.15, 0.2) is 5.65 Å². The van der Waals surface area contributed by atoms with Gasteiger partial charge in [-0.25, -0.2) is 14.5 Å². The van der Waals surface area contributed by atoms with Gasteiger partial charge >= 0.3 is 6.18 Å². The van der Waals surface area contributed by atoms with Crippen molar-refractivity contribution in [2.75, 3.05) is 19.6 Å². The van der Waals surface area contributed by atoms with Gasteiger partial charge in [0.25, 0.3) is 0 Å². The molecular weight excluding hydrogens is 463 g/mol. The van der Waals surface area contributed by atoms with E-state index < -0.39 is 12.6 Å². The van der Waals surface area contributed by atoms with Gasteiger partial charge in [-0.15, -0.1) is 11.3 Å². The molecule has 0 aromatic carbocycles. The van der Waals surface area contributed by atoms with Crippen LogP contribution in [0, 0.1) is 13.8 Å². The number of nitrogens with zero attached hydrogens (tertiary/aromatic N) is 6. The highest BCUT2D eigenvalue weighted by Gasteiger charge is 2.34. The molecule has 0 bridgehead atoms. The van der Waals surface area contributed by atoms with Gasteiger partial charge in [-0.2, -0.15) is 23.4 Å². The summed E-state index contributed by atoms with van der Waals surface area (Å²) in [7, 11) is 0. The number of fused-ring (bicyclic) bond motifs is 1. The summed E-state index contributed by atoms with van der Waals surface area (Å²) in [6.45, 7) is 9.07. The topological polar surface area (TPSA) is 75.0 Å². The largest absolute Gasteiger partial charge is 0.393 e. The number of piperidine rings is 1. The second kappa shape index (κ2) is 8.77. The number of H-pyrrole nitrogens is 1. The summed E-state index contributed by atoms with van der Waals surface area (Å²) in [5.74, 6) is 0.389. The summed E-state index contributed by atoms with van der Waals surface area (Å²) in [4.78, 5) is 12.5. The number of halogens is 3. The summed E-state index contributed by atoms with van der Waals surface area (Å²) in [6, 6.07) is 1.80. The van der Waals surface area contributed by atoms with Crippen LogP contribution in [-0.2, 0) is 6.42 Å². The molecule has 0 saturated carbocycles. The lowest BCUT2D eigenvalue weighted by molar-refractivity contribution is -0.127. The molecule has 5 rings (SSSR count). The van der Waals surface area contributed by atoms with Crippen molar-refractivity contribution in [1.82, 2.24) is 34.7 Å². The Kier molecular flexibility index (Phi) is 5.93. The molecule has 4 aromatic heterocycles. The van der Waals surface area contributed by atoms with Crippen molar-refractivity contribution < 1.29 is 13.2 Å². The normalized spacial score (nSPS) is 16.1. The molecular formula is C23H26F3N7S. The predicted molar refractivity (Wildman–Crippen MR) is 125 cm³/mol. The number of aryl methyl sites for hydroxylation is 2. The van der Waals surface area contributed by atoms with Crippen LogP contribution in [-0.4, -0.2) is 60.5 Å². The zero-order chi connectivity index (χ0) is 24.0. The molecule has 0 unspecified atom stereocenters. The fraction of sp³-hybridized carbons (Fsp3) is 0.478. The fourth-order valence-electron chi connectivity index (χ4n) is 4.78. The molecule has 1 saturated heterocycles. The van der Waals surface area contributed by atoms with Gasteiger partial charge in [0.2, 0.25) is 0 Å². The first-order valence-electron chi connectivity index (χ1n) is 11.4. The Labute approximate surface area is 199 Å². The Morgan fingerprint density at radius 3 is 2.68 bits per heavy atom. The zero-order valence-electron chi connectivity index (χ0n) is 19.3. The van der Waals surface area contributed by atoms with Gasteiger partial charge in [0, 0.05) is 22.2 Å². The predicted octanol–water partition coefficient (Wildman–Crippen LogP) is 5.16. The van der Waals surface area contributed by atoms with Crippen molar-refractivity contribution in [2.45, 2.75) is 52.1 Å². The van der Waals surface area contributed by atoms with Gasteiger partial charge in [-0.1, -0.05) is 6.92 Å². The van der Waals surface area contributed by atoms with E-state index in [1.165, 1.54) is 22.5 Å². The number of alkyl halides is 3. The van der Waals surface area contributed by atoms with Crippen LogP contribution in [0.15, 0.2) is 18.6 Å². The van der Waals surface area contributed by atoms with Crippen LogP contribution in [0.5, 0.6) is 0 Å². The highest BCUT2D eigenvalue weighted by atomic mass is 32.1. The molecule has 5 heterocycles. The number of aromatic amines is 1. The Morgan fingerprint density at radius 2 is 1.97 bits per heavy atom. The van der Waals surface area contributed by atoms with E-state index in [0.717, 1.165) is 43.7 Å². The summed E-state index contributed by atoms with van der Waals surface area (Å²) in [5, 5.41) is 11.9. The van der Waals surface area contributed by atoms with Gasteiger partial charge in [-0.3, -0.25) is 5.10 Å². The number of likely N-dealkylation sites (tertiary alicyclic amines) is 1. The molecule has 1 aliphatic heterocycles. The monoisotopic (exact) mass is 489 g/mol. The maximum absolute atomic E-state index is 13.6. The van der Waals surface area contributed by atoms with Gasteiger partial charge in [0.1, 0.15) is 11.3 Å². The number of pyridine rings is 1. The molecule has 4 aromatic rings. The Balaban J connectivity index is 1.55. The molecule has 1 fully saturated rings.